The van der Waals surface area contributed by atoms with E-state index in [0.29, 0.717) is 10.9 Å². The lowest BCUT2D eigenvalue weighted by molar-refractivity contribution is 0.0948. The first-order valence-electron chi connectivity index (χ1n) is 5.66. The van der Waals surface area contributed by atoms with Gasteiger partial charge in [0.2, 0.25) is 0 Å². The quantitative estimate of drug-likeness (QED) is 0.823. The molecule has 1 atom stereocenters. The molecular weight excluding hydrogens is 252 g/mol. The molecule has 1 aliphatic carbocycles. The first-order valence-corrected chi connectivity index (χ1v) is 6.88. The molecule has 1 fully saturated rings. The molecule has 0 radical (unpaired) electrons. The number of hydrogen-bond acceptors (Lipinski definition) is 3. The van der Waals surface area contributed by atoms with Crippen LogP contribution in [0.25, 0.3) is 0 Å². The summed E-state index contributed by atoms with van der Waals surface area (Å²) in [4.78, 5) is 14.3. The SMILES string of the molecule is Cc1cc(C(=O)NC(C(N)=S)C2CC2)sc1C. The maximum Gasteiger partial charge on any atom is 0.261 e. The minimum absolute atomic E-state index is 0.0594. The summed E-state index contributed by atoms with van der Waals surface area (Å²) in [7, 11) is 0. The zero-order chi connectivity index (χ0) is 12.6. The van der Waals surface area contributed by atoms with Gasteiger partial charge >= 0.3 is 0 Å². The van der Waals surface area contributed by atoms with Crippen molar-refractivity contribution in [3.63, 3.8) is 0 Å². The molecule has 5 heteroatoms. The molecular formula is C12H16N2OS2. The van der Waals surface area contributed by atoms with Gasteiger partial charge in [0, 0.05) is 4.88 Å². The van der Waals surface area contributed by atoms with Gasteiger partial charge in [-0.05, 0) is 44.2 Å². The Hall–Kier alpha value is -0.940. The Kier molecular flexibility index (Phi) is 3.49. The third-order valence-corrected chi connectivity index (χ3v) is 4.48. The van der Waals surface area contributed by atoms with E-state index in [0.717, 1.165) is 23.3 Å². The van der Waals surface area contributed by atoms with Gasteiger partial charge in [-0.25, -0.2) is 0 Å². The maximum absolute atomic E-state index is 12.0. The van der Waals surface area contributed by atoms with Gasteiger partial charge in [-0.2, -0.15) is 0 Å². The zero-order valence-electron chi connectivity index (χ0n) is 9.95. The number of nitrogens with two attached hydrogens (primary N) is 1. The number of amides is 1. The molecule has 1 aromatic rings. The lowest BCUT2D eigenvalue weighted by Crippen LogP contribution is -2.44. The van der Waals surface area contributed by atoms with E-state index in [1.54, 1.807) is 0 Å². The highest BCUT2D eigenvalue weighted by Crippen LogP contribution is 2.33. The van der Waals surface area contributed by atoms with Gasteiger partial charge in [0.25, 0.3) is 5.91 Å². The Morgan fingerprint density at radius 1 is 1.59 bits per heavy atom. The van der Waals surface area contributed by atoms with Crippen LogP contribution in [0.5, 0.6) is 0 Å². The molecule has 1 aromatic heterocycles. The van der Waals surface area contributed by atoms with Gasteiger partial charge in [-0.3, -0.25) is 4.79 Å². The van der Waals surface area contributed by atoms with Crippen molar-refractivity contribution in [1.82, 2.24) is 5.32 Å². The monoisotopic (exact) mass is 268 g/mol. The number of carbonyl (C=O) groups excluding carboxylic acids is 1. The number of carbonyl (C=O) groups is 1. The van der Waals surface area contributed by atoms with E-state index in [1.165, 1.54) is 16.2 Å². The molecule has 1 heterocycles. The van der Waals surface area contributed by atoms with Crippen LogP contribution in [0.1, 0.15) is 33.0 Å². The fourth-order valence-electron chi connectivity index (χ4n) is 1.75. The van der Waals surface area contributed by atoms with Crippen molar-refractivity contribution >= 4 is 34.5 Å². The van der Waals surface area contributed by atoms with Crippen molar-refractivity contribution in [3.05, 3.63) is 21.4 Å². The van der Waals surface area contributed by atoms with Crippen LogP contribution in [0.15, 0.2) is 6.07 Å². The van der Waals surface area contributed by atoms with Crippen molar-refractivity contribution in [3.8, 4) is 0 Å². The molecule has 1 amide bonds. The van der Waals surface area contributed by atoms with Crippen LogP contribution in [0.2, 0.25) is 0 Å². The smallest absolute Gasteiger partial charge is 0.261 e. The maximum atomic E-state index is 12.0. The topological polar surface area (TPSA) is 55.1 Å². The molecule has 3 N–H and O–H groups in total. The number of hydrogen-bond donors (Lipinski definition) is 2. The van der Waals surface area contributed by atoms with Gasteiger partial charge in [0.05, 0.1) is 15.9 Å². The number of rotatable bonds is 4. The van der Waals surface area contributed by atoms with Gasteiger partial charge in [0.15, 0.2) is 0 Å². The Balaban J connectivity index is 2.07. The van der Waals surface area contributed by atoms with E-state index in [2.05, 4.69) is 5.32 Å². The van der Waals surface area contributed by atoms with Gasteiger partial charge < -0.3 is 11.1 Å². The summed E-state index contributed by atoms with van der Waals surface area (Å²) >= 11 is 6.51. The molecule has 1 aliphatic rings. The molecule has 2 rings (SSSR count). The van der Waals surface area contributed by atoms with Crippen LogP contribution < -0.4 is 11.1 Å². The van der Waals surface area contributed by atoms with E-state index in [-0.39, 0.29) is 11.9 Å². The van der Waals surface area contributed by atoms with Gasteiger partial charge in [0.1, 0.15) is 0 Å². The number of thiophene rings is 1. The summed E-state index contributed by atoms with van der Waals surface area (Å²) in [6, 6.07) is 1.78. The lowest BCUT2D eigenvalue weighted by atomic mass is 10.2. The molecule has 0 aliphatic heterocycles. The van der Waals surface area contributed by atoms with Crippen molar-refractivity contribution in [2.45, 2.75) is 32.7 Å². The van der Waals surface area contributed by atoms with Crippen LogP contribution in [0.4, 0.5) is 0 Å². The molecule has 1 unspecified atom stereocenters. The first kappa shape index (κ1) is 12.5. The summed E-state index contributed by atoms with van der Waals surface area (Å²) in [5.41, 5.74) is 6.81. The Morgan fingerprint density at radius 2 is 2.24 bits per heavy atom. The second-order valence-electron chi connectivity index (χ2n) is 4.54. The van der Waals surface area contributed by atoms with E-state index in [4.69, 9.17) is 18.0 Å². The van der Waals surface area contributed by atoms with Crippen molar-refractivity contribution < 1.29 is 4.79 Å². The highest BCUT2D eigenvalue weighted by Gasteiger charge is 2.34. The zero-order valence-corrected chi connectivity index (χ0v) is 11.6. The average Bonchev–Trinajstić information content (AvgIpc) is 3.02. The Bertz CT molecular complexity index is 444. The van der Waals surface area contributed by atoms with E-state index < -0.39 is 0 Å². The molecule has 3 nitrogen and oxygen atoms in total. The van der Waals surface area contributed by atoms with E-state index in [9.17, 15) is 4.79 Å². The van der Waals surface area contributed by atoms with Crippen molar-refractivity contribution in [1.29, 1.82) is 0 Å². The van der Waals surface area contributed by atoms with Gasteiger partial charge in [-0.1, -0.05) is 12.2 Å². The average molecular weight is 268 g/mol. The summed E-state index contributed by atoms with van der Waals surface area (Å²) in [5, 5.41) is 2.94. The fraction of sp³-hybridized carbons (Fsp3) is 0.500. The molecule has 0 spiro atoms. The molecule has 17 heavy (non-hydrogen) atoms. The second-order valence-corrected chi connectivity index (χ2v) is 6.27. The van der Waals surface area contributed by atoms with E-state index in [1.807, 2.05) is 19.9 Å². The Labute approximate surface area is 110 Å². The van der Waals surface area contributed by atoms with Crippen molar-refractivity contribution in [2.24, 2.45) is 11.7 Å². The van der Waals surface area contributed by atoms with Gasteiger partial charge in [-0.15, -0.1) is 11.3 Å². The molecule has 0 bridgehead atoms. The molecule has 0 saturated heterocycles. The lowest BCUT2D eigenvalue weighted by Gasteiger charge is -2.15. The van der Waals surface area contributed by atoms with Crippen LogP contribution >= 0.6 is 23.6 Å². The Morgan fingerprint density at radius 3 is 2.65 bits per heavy atom. The predicted molar refractivity (Wildman–Crippen MR) is 74.6 cm³/mol. The number of aryl methyl sites for hydroxylation is 2. The number of thiocarbonyl (C=S) groups is 1. The highest BCUT2D eigenvalue weighted by molar-refractivity contribution is 7.80. The minimum Gasteiger partial charge on any atom is -0.392 e. The fourth-order valence-corrected chi connectivity index (χ4v) is 2.94. The molecule has 92 valence electrons. The van der Waals surface area contributed by atoms with Crippen molar-refractivity contribution in [2.75, 3.05) is 0 Å². The van der Waals surface area contributed by atoms with Crippen LogP contribution in [0.3, 0.4) is 0 Å². The van der Waals surface area contributed by atoms with Crippen LogP contribution in [0, 0.1) is 19.8 Å². The molecule has 0 aromatic carbocycles. The summed E-state index contributed by atoms with van der Waals surface area (Å²) in [6.07, 6.45) is 2.20. The third-order valence-electron chi connectivity index (χ3n) is 3.08. The minimum atomic E-state index is -0.139. The highest BCUT2D eigenvalue weighted by atomic mass is 32.1. The third kappa shape index (κ3) is 2.84. The summed E-state index contributed by atoms with van der Waals surface area (Å²) < 4.78 is 0. The summed E-state index contributed by atoms with van der Waals surface area (Å²) in [5.74, 6) is 0.384. The predicted octanol–water partition coefficient (Wildman–Crippen LogP) is 2.16. The number of nitrogens with one attached hydrogen (secondary N) is 1. The largest absolute Gasteiger partial charge is 0.392 e. The molecule has 1 saturated carbocycles. The van der Waals surface area contributed by atoms with E-state index >= 15 is 0 Å². The normalized spacial score (nSPS) is 16.6. The standard InChI is InChI=1S/C12H16N2OS2/c1-6-5-9(17-7(6)2)12(15)14-10(11(13)16)8-3-4-8/h5,8,10H,3-4H2,1-2H3,(H2,13,16)(H,14,15). The second kappa shape index (κ2) is 4.74. The van der Waals surface area contributed by atoms with Crippen LogP contribution in [-0.2, 0) is 0 Å². The first-order chi connectivity index (χ1) is 7.99. The summed E-state index contributed by atoms with van der Waals surface area (Å²) in [6.45, 7) is 4.03. The van der Waals surface area contributed by atoms with Crippen LogP contribution in [-0.4, -0.2) is 16.9 Å².